The Morgan fingerprint density at radius 3 is 2.23 bits per heavy atom. The van der Waals surface area contributed by atoms with E-state index < -0.39 is 27.9 Å². The van der Waals surface area contributed by atoms with E-state index in [2.05, 4.69) is 5.32 Å². The lowest BCUT2D eigenvalue weighted by Gasteiger charge is -2.26. The van der Waals surface area contributed by atoms with E-state index in [1.54, 1.807) is 42.5 Å². The van der Waals surface area contributed by atoms with Crippen molar-refractivity contribution < 1.29 is 27.2 Å². The lowest BCUT2D eigenvalue weighted by atomic mass is 10.1. The van der Waals surface area contributed by atoms with E-state index in [4.69, 9.17) is 9.56 Å². The molecule has 10 heteroatoms. The van der Waals surface area contributed by atoms with Gasteiger partial charge in [0.1, 0.15) is 17.1 Å². The third-order valence-corrected chi connectivity index (χ3v) is 5.43. The number of amides is 4. The SMILES string of the molecule is NS(=O)(=O)c1ccc(-c2ccc(C=C3C(=O)NC(=O)N(c4ccccc4)C3=O)o2)cc1. The average molecular weight is 437 g/mol. The summed E-state index contributed by atoms with van der Waals surface area (Å²) in [5.74, 6) is -1.04. The van der Waals surface area contributed by atoms with Crippen LogP contribution < -0.4 is 15.4 Å². The number of sulfonamides is 1. The number of nitrogens with zero attached hydrogens (tertiary/aromatic N) is 1. The van der Waals surface area contributed by atoms with Crippen LogP contribution in [0.2, 0.25) is 0 Å². The maximum atomic E-state index is 12.8. The van der Waals surface area contributed by atoms with Gasteiger partial charge in [-0.15, -0.1) is 0 Å². The number of anilines is 1. The highest BCUT2D eigenvalue weighted by Gasteiger charge is 2.36. The molecular weight excluding hydrogens is 422 g/mol. The highest BCUT2D eigenvalue weighted by molar-refractivity contribution is 7.89. The topological polar surface area (TPSA) is 140 Å². The van der Waals surface area contributed by atoms with Crippen LogP contribution >= 0.6 is 0 Å². The Morgan fingerprint density at radius 1 is 0.903 bits per heavy atom. The van der Waals surface area contributed by atoms with Crippen molar-refractivity contribution in [3.63, 3.8) is 0 Å². The third kappa shape index (κ3) is 4.02. The number of rotatable bonds is 4. The quantitative estimate of drug-likeness (QED) is 0.474. The van der Waals surface area contributed by atoms with Gasteiger partial charge in [-0.25, -0.2) is 23.3 Å². The second-order valence-corrected chi connectivity index (χ2v) is 8.13. The molecular formula is C21H15N3O6S. The van der Waals surface area contributed by atoms with Gasteiger partial charge >= 0.3 is 6.03 Å². The maximum Gasteiger partial charge on any atom is 0.335 e. The summed E-state index contributed by atoms with van der Waals surface area (Å²) in [6.45, 7) is 0. The fraction of sp³-hybridized carbons (Fsp3) is 0. The number of hydrogen-bond donors (Lipinski definition) is 2. The Bertz CT molecular complexity index is 1320. The predicted molar refractivity (Wildman–Crippen MR) is 111 cm³/mol. The normalized spacial score (nSPS) is 16.0. The molecule has 156 valence electrons. The molecule has 0 radical (unpaired) electrons. The lowest BCUT2D eigenvalue weighted by Crippen LogP contribution is -2.54. The molecule has 0 spiro atoms. The molecule has 0 unspecified atom stereocenters. The van der Waals surface area contributed by atoms with E-state index in [0.717, 1.165) is 4.90 Å². The molecule has 9 nitrogen and oxygen atoms in total. The van der Waals surface area contributed by atoms with Crippen LogP contribution in [0.4, 0.5) is 10.5 Å². The van der Waals surface area contributed by atoms with Crippen LogP contribution in [0.15, 0.2) is 81.6 Å². The summed E-state index contributed by atoms with van der Waals surface area (Å²) in [6.07, 6.45) is 1.24. The van der Waals surface area contributed by atoms with E-state index in [-0.39, 0.29) is 16.2 Å². The van der Waals surface area contributed by atoms with Crippen LogP contribution in [0.3, 0.4) is 0 Å². The van der Waals surface area contributed by atoms with Gasteiger partial charge in [-0.1, -0.05) is 18.2 Å². The number of para-hydroxylation sites is 1. The van der Waals surface area contributed by atoms with Crippen molar-refractivity contribution in [2.45, 2.75) is 4.90 Å². The smallest absolute Gasteiger partial charge is 0.335 e. The molecule has 1 saturated heterocycles. The molecule has 1 aliphatic heterocycles. The van der Waals surface area contributed by atoms with E-state index in [1.807, 2.05) is 0 Å². The van der Waals surface area contributed by atoms with Crippen molar-refractivity contribution in [2.24, 2.45) is 5.14 Å². The minimum atomic E-state index is -3.81. The molecule has 0 bridgehead atoms. The first-order valence-corrected chi connectivity index (χ1v) is 10.5. The van der Waals surface area contributed by atoms with Crippen LogP contribution in [0, 0.1) is 0 Å². The van der Waals surface area contributed by atoms with Gasteiger partial charge in [-0.3, -0.25) is 14.9 Å². The first-order valence-electron chi connectivity index (χ1n) is 8.93. The molecule has 0 atom stereocenters. The molecule has 2 aromatic carbocycles. The number of nitrogens with two attached hydrogens (primary N) is 1. The molecule has 4 amide bonds. The summed E-state index contributed by atoms with van der Waals surface area (Å²) in [7, 11) is -3.81. The molecule has 2 heterocycles. The number of hydrogen-bond acceptors (Lipinski definition) is 6. The molecule has 31 heavy (non-hydrogen) atoms. The lowest BCUT2D eigenvalue weighted by molar-refractivity contribution is -0.122. The second-order valence-electron chi connectivity index (χ2n) is 6.56. The summed E-state index contributed by atoms with van der Waals surface area (Å²) in [5, 5.41) is 7.22. The number of furan rings is 1. The molecule has 3 N–H and O–H groups in total. The summed E-state index contributed by atoms with van der Waals surface area (Å²) >= 11 is 0. The molecule has 0 aliphatic carbocycles. The van der Waals surface area contributed by atoms with Crippen molar-refractivity contribution in [2.75, 3.05) is 4.90 Å². The van der Waals surface area contributed by atoms with Gasteiger partial charge in [0, 0.05) is 5.56 Å². The van der Waals surface area contributed by atoms with Crippen molar-refractivity contribution in [3.05, 3.63) is 78.1 Å². The Kier molecular flexibility index (Phi) is 5.01. The van der Waals surface area contributed by atoms with Crippen molar-refractivity contribution in [1.29, 1.82) is 0 Å². The zero-order valence-corrected chi connectivity index (χ0v) is 16.6. The fourth-order valence-electron chi connectivity index (χ4n) is 3.01. The van der Waals surface area contributed by atoms with Gasteiger partial charge < -0.3 is 4.42 Å². The van der Waals surface area contributed by atoms with Crippen molar-refractivity contribution in [3.8, 4) is 11.3 Å². The maximum absolute atomic E-state index is 12.8. The highest BCUT2D eigenvalue weighted by atomic mass is 32.2. The molecule has 4 rings (SSSR count). The van der Waals surface area contributed by atoms with Gasteiger partial charge in [0.05, 0.1) is 10.6 Å². The number of carbonyl (C=O) groups is 3. The number of nitrogens with one attached hydrogen (secondary N) is 1. The summed E-state index contributed by atoms with van der Waals surface area (Å²) in [5.41, 5.74) is 0.616. The summed E-state index contributed by atoms with van der Waals surface area (Å²) in [6, 6.07) is 16.2. The molecule has 3 aromatic rings. The number of urea groups is 1. The third-order valence-electron chi connectivity index (χ3n) is 4.50. The monoisotopic (exact) mass is 437 g/mol. The van der Waals surface area contributed by atoms with Gasteiger partial charge in [-0.05, 0) is 54.6 Å². The van der Waals surface area contributed by atoms with Crippen LogP contribution in [-0.4, -0.2) is 26.3 Å². The first kappa shape index (κ1) is 20.3. The zero-order valence-electron chi connectivity index (χ0n) is 15.8. The molecule has 0 saturated carbocycles. The van der Waals surface area contributed by atoms with Gasteiger partial charge in [0.2, 0.25) is 10.0 Å². The Morgan fingerprint density at radius 2 is 1.58 bits per heavy atom. The summed E-state index contributed by atoms with van der Waals surface area (Å²) < 4.78 is 28.4. The Hall–Kier alpha value is -4.02. The second kappa shape index (κ2) is 7.67. The van der Waals surface area contributed by atoms with Crippen LogP contribution in [0.25, 0.3) is 17.4 Å². The Balaban J connectivity index is 1.64. The van der Waals surface area contributed by atoms with Gasteiger partial charge in [0.25, 0.3) is 11.8 Å². The molecule has 1 aromatic heterocycles. The minimum absolute atomic E-state index is 0.0414. The summed E-state index contributed by atoms with van der Waals surface area (Å²) in [4.78, 5) is 38.1. The van der Waals surface area contributed by atoms with Crippen LogP contribution in [0.5, 0.6) is 0 Å². The number of barbiturate groups is 1. The fourth-order valence-corrected chi connectivity index (χ4v) is 3.52. The van der Waals surface area contributed by atoms with Gasteiger partial charge in [0.15, 0.2) is 0 Å². The van der Waals surface area contributed by atoms with Crippen molar-refractivity contribution >= 4 is 39.6 Å². The average Bonchev–Trinajstić information content (AvgIpc) is 3.20. The number of benzene rings is 2. The standard InChI is InChI=1S/C21H15N3O6S/c22-31(28,29)16-9-6-13(7-10-16)18-11-8-15(30-18)12-17-19(25)23-21(27)24(20(17)26)14-4-2-1-3-5-14/h1-12H,(H2,22,28,29)(H,23,25,27). The molecule has 1 fully saturated rings. The van der Waals surface area contributed by atoms with Crippen molar-refractivity contribution in [1.82, 2.24) is 5.32 Å². The van der Waals surface area contributed by atoms with Crippen LogP contribution in [-0.2, 0) is 19.6 Å². The number of carbonyl (C=O) groups excluding carboxylic acids is 3. The van der Waals surface area contributed by atoms with E-state index >= 15 is 0 Å². The largest absolute Gasteiger partial charge is 0.457 e. The van der Waals surface area contributed by atoms with E-state index in [9.17, 15) is 22.8 Å². The number of primary sulfonamides is 1. The Labute approximate surface area is 176 Å². The first-order chi connectivity index (χ1) is 14.7. The van der Waals surface area contributed by atoms with Gasteiger partial charge in [-0.2, -0.15) is 0 Å². The van der Waals surface area contributed by atoms with E-state index in [0.29, 0.717) is 17.0 Å². The van der Waals surface area contributed by atoms with E-state index in [1.165, 1.54) is 30.3 Å². The predicted octanol–water partition coefficient (Wildman–Crippen LogP) is 2.26. The highest BCUT2D eigenvalue weighted by Crippen LogP contribution is 2.26. The number of imide groups is 2. The minimum Gasteiger partial charge on any atom is -0.457 e. The van der Waals surface area contributed by atoms with Crippen LogP contribution in [0.1, 0.15) is 5.76 Å². The molecule has 1 aliphatic rings. The zero-order chi connectivity index (χ0) is 22.2.